The fourth-order valence-corrected chi connectivity index (χ4v) is 2.70. The van der Waals surface area contributed by atoms with Gasteiger partial charge in [-0.05, 0) is 28.1 Å². The molecule has 1 aromatic carbocycles. The highest BCUT2D eigenvalue weighted by atomic mass is 79.9. The number of allylic oxidation sites excluding steroid dienone is 1. The SMILES string of the molecule is C=CCn1cnc(-c2cc(Br)c3c(c2)OCCO3)c1N. The van der Waals surface area contributed by atoms with Crippen LogP contribution in [0.3, 0.4) is 0 Å². The van der Waals surface area contributed by atoms with Gasteiger partial charge in [-0.3, -0.25) is 0 Å². The second-order valence-corrected chi connectivity index (χ2v) is 5.26. The van der Waals surface area contributed by atoms with Gasteiger partial charge in [0.25, 0.3) is 0 Å². The summed E-state index contributed by atoms with van der Waals surface area (Å²) < 4.78 is 13.9. The summed E-state index contributed by atoms with van der Waals surface area (Å²) in [6, 6.07) is 3.83. The van der Waals surface area contributed by atoms with Crippen LogP contribution in [0.1, 0.15) is 0 Å². The van der Waals surface area contributed by atoms with Gasteiger partial charge < -0.3 is 19.8 Å². The lowest BCUT2D eigenvalue weighted by Gasteiger charge is -2.20. The fourth-order valence-electron chi connectivity index (χ4n) is 2.15. The smallest absolute Gasteiger partial charge is 0.175 e. The van der Waals surface area contributed by atoms with E-state index >= 15 is 0 Å². The third kappa shape index (κ3) is 2.16. The van der Waals surface area contributed by atoms with E-state index in [1.165, 1.54) is 0 Å². The molecule has 2 N–H and O–H groups in total. The molecule has 0 saturated carbocycles. The topological polar surface area (TPSA) is 62.3 Å². The van der Waals surface area contributed by atoms with Crippen molar-refractivity contribution in [2.24, 2.45) is 0 Å². The minimum atomic E-state index is 0.545. The van der Waals surface area contributed by atoms with Crippen LogP contribution in [0.25, 0.3) is 11.3 Å². The van der Waals surface area contributed by atoms with Crippen LogP contribution in [0.2, 0.25) is 0 Å². The van der Waals surface area contributed by atoms with Crippen LogP contribution in [0, 0.1) is 0 Å². The van der Waals surface area contributed by atoms with Crippen LogP contribution in [-0.4, -0.2) is 22.8 Å². The number of rotatable bonds is 3. The molecule has 0 bridgehead atoms. The summed E-state index contributed by atoms with van der Waals surface area (Å²) in [5.41, 5.74) is 7.73. The number of aromatic nitrogens is 2. The van der Waals surface area contributed by atoms with E-state index in [1.807, 2.05) is 16.7 Å². The Labute approximate surface area is 125 Å². The Morgan fingerprint density at radius 1 is 1.40 bits per heavy atom. The van der Waals surface area contributed by atoms with Gasteiger partial charge >= 0.3 is 0 Å². The van der Waals surface area contributed by atoms with Crippen molar-refractivity contribution in [3.8, 4) is 22.8 Å². The Balaban J connectivity index is 2.06. The minimum absolute atomic E-state index is 0.545. The highest BCUT2D eigenvalue weighted by Gasteiger charge is 2.19. The number of nitrogens with zero attached hydrogens (tertiary/aromatic N) is 2. The molecule has 1 aromatic heterocycles. The van der Waals surface area contributed by atoms with E-state index in [9.17, 15) is 0 Å². The number of imidazole rings is 1. The van der Waals surface area contributed by atoms with E-state index in [0.29, 0.717) is 31.3 Å². The van der Waals surface area contributed by atoms with Crippen molar-refractivity contribution < 1.29 is 9.47 Å². The van der Waals surface area contributed by atoms with Crippen LogP contribution < -0.4 is 15.2 Å². The predicted octanol–water partition coefficient (Wildman–Crippen LogP) is 2.85. The molecule has 3 rings (SSSR count). The molecule has 20 heavy (non-hydrogen) atoms. The second kappa shape index (κ2) is 5.20. The lowest BCUT2D eigenvalue weighted by molar-refractivity contribution is 0.170. The van der Waals surface area contributed by atoms with Gasteiger partial charge in [-0.2, -0.15) is 0 Å². The maximum Gasteiger partial charge on any atom is 0.175 e. The molecule has 6 heteroatoms. The summed E-state index contributed by atoms with van der Waals surface area (Å²) in [5.74, 6) is 2.04. The maximum atomic E-state index is 6.11. The summed E-state index contributed by atoms with van der Waals surface area (Å²) >= 11 is 3.50. The van der Waals surface area contributed by atoms with E-state index in [0.717, 1.165) is 21.5 Å². The third-order valence-corrected chi connectivity index (χ3v) is 3.66. The monoisotopic (exact) mass is 335 g/mol. The lowest BCUT2D eigenvalue weighted by Crippen LogP contribution is -2.15. The Bertz CT molecular complexity index is 667. The summed E-state index contributed by atoms with van der Waals surface area (Å²) in [6.45, 7) is 5.43. The highest BCUT2D eigenvalue weighted by Crippen LogP contribution is 2.41. The van der Waals surface area contributed by atoms with Gasteiger partial charge in [0.1, 0.15) is 24.7 Å². The number of hydrogen-bond donors (Lipinski definition) is 1. The van der Waals surface area contributed by atoms with Gasteiger partial charge in [-0.15, -0.1) is 6.58 Å². The molecule has 0 atom stereocenters. The Morgan fingerprint density at radius 3 is 3.00 bits per heavy atom. The molecule has 1 aliphatic rings. The number of nitrogens with two attached hydrogens (primary N) is 1. The molecule has 1 aliphatic heterocycles. The lowest BCUT2D eigenvalue weighted by atomic mass is 10.1. The Hall–Kier alpha value is -1.95. The number of halogens is 1. The molecule has 104 valence electrons. The second-order valence-electron chi connectivity index (χ2n) is 4.40. The molecule has 2 aromatic rings. The van der Waals surface area contributed by atoms with Gasteiger partial charge in [0.2, 0.25) is 0 Å². The van der Waals surface area contributed by atoms with Crippen LogP contribution >= 0.6 is 15.9 Å². The molecule has 0 saturated heterocycles. The minimum Gasteiger partial charge on any atom is -0.486 e. The van der Waals surface area contributed by atoms with E-state index in [-0.39, 0.29) is 0 Å². The highest BCUT2D eigenvalue weighted by molar-refractivity contribution is 9.10. The average Bonchev–Trinajstić information content (AvgIpc) is 2.81. The Kier molecular flexibility index (Phi) is 3.40. The van der Waals surface area contributed by atoms with E-state index < -0.39 is 0 Å². The Morgan fingerprint density at radius 2 is 2.20 bits per heavy atom. The van der Waals surface area contributed by atoms with Crippen molar-refractivity contribution >= 4 is 21.7 Å². The zero-order valence-corrected chi connectivity index (χ0v) is 12.4. The largest absolute Gasteiger partial charge is 0.486 e. The number of anilines is 1. The first-order chi connectivity index (χ1) is 9.70. The van der Waals surface area contributed by atoms with Crippen LogP contribution in [0.5, 0.6) is 11.5 Å². The molecule has 0 radical (unpaired) electrons. The number of fused-ring (bicyclic) bond motifs is 1. The van der Waals surface area contributed by atoms with Gasteiger partial charge in [0.05, 0.1) is 10.8 Å². The van der Waals surface area contributed by atoms with Gasteiger partial charge in [-0.1, -0.05) is 6.08 Å². The molecular weight excluding hydrogens is 322 g/mol. The first-order valence-corrected chi connectivity index (χ1v) is 7.01. The molecule has 2 heterocycles. The van der Waals surface area contributed by atoms with Crippen LogP contribution in [0.4, 0.5) is 5.82 Å². The summed E-state index contributed by atoms with van der Waals surface area (Å²) in [5, 5.41) is 0. The molecule has 5 nitrogen and oxygen atoms in total. The number of nitrogen functional groups attached to an aromatic ring is 1. The fraction of sp³-hybridized carbons (Fsp3) is 0.214. The summed E-state index contributed by atoms with van der Waals surface area (Å²) in [6.07, 6.45) is 3.48. The van der Waals surface area contributed by atoms with Gasteiger partial charge in [0.15, 0.2) is 11.5 Å². The molecule has 0 amide bonds. The maximum absolute atomic E-state index is 6.11. The molecule has 0 aliphatic carbocycles. The van der Waals surface area contributed by atoms with E-state index in [1.54, 1.807) is 12.4 Å². The van der Waals surface area contributed by atoms with Crippen molar-refractivity contribution in [3.05, 3.63) is 35.6 Å². The molecule has 0 fully saturated rings. The normalized spacial score (nSPS) is 13.2. The number of hydrogen-bond acceptors (Lipinski definition) is 4. The molecule has 0 spiro atoms. The summed E-state index contributed by atoms with van der Waals surface area (Å²) in [7, 11) is 0. The van der Waals surface area contributed by atoms with Crippen molar-refractivity contribution in [2.75, 3.05) is 18.9 Å². The average molecular weight is 336 g/mol. The van der Waals surface area contributed by atoms with Crippen molar-refractivity contribution in [2.45, 2.75) is 6.54 Å². The van der Waals surface area contributed by atoms with Crippen LogP contribution in [-0.2, 0) is 6.54 Å². The zero-order valence-electron chi connectivity index (χ0n) is 10.8. The van der Waals surface area contributed by atoms with Gasteiger partial charge in [0, 0.05) is 12.1 Å². The zero-order chi connectivity index (χ0) is 14.1. The van der Waals surface area contributed by atoms with Crippen molar-refractivity contribution in [1.82, 2.24) is 9.55 Å². The first kappa shape index (κ1) is 13.1. The van der Waals surface area contributed by atoms with Gasteiger partial charge in [-0.25, -0.2) is 4.98 Å². The van der Waals surface area contributed by atoms with Crippen molar-refractivity contribution in [3.63, 3.8) is 0 Å². The van der Waals surface area contributed by atoms with E-state index in [4.69, 9.17) is 15.2 Å². The van der Waals surface area contributed by atoms with E-state index in [2.05, 4.69) is 27.5 Å². The van der Waals surface area contributed by atoms with Crippen LogP contribution in [0.15, 0.2) is 35.6 Å². The standard InChI is InChI=1S/C14H14BrN3O2/c1-2-3-18-8-17-12(14(18)16)9-6-10(15)13-11(7-9)19-4-5-20-13/h2,6-8H,1,3-5,16H2. The number of benzene rings is 1. The molecule has 0 unspecified atom stereocenters. The predicted molar refractivity (Wildman–Crippen MR) is 81.0 cm³/mol. The quantitative estimate of drug-likeness (QED) is 0.876. The van der Waals surface area contributed by atoms with Crippen molar-refractivity contribution in [1.29, 1.82) is 0 Å². The number of ether oxygens (including phenoxy) is 2. The summed E-state index contributed by atoms with van der Waals surface area (Å²) in [4.78, 5) is 4.37. The first-order valence-electron chi connectivity index (χ1n) is 6.21. The third-order valence-electron chi connectivity index (χ3n) is 3.07. The molecular formula is C14H14BrN3O2.